The molecule has 1 aliphatic rings. The Hall–Kier alpha value is -2.10. The zero-order valence-electron chi connectivity index (χ0n) is 18.7. The van der Waals surface area contributed by atoms with E-state index in [2.05, 4.69) is 19.1 Å². The number of hydrogen-bond acceptors (Lipinski definition) is 4. The lowest BCUT2D eigenvalue weighted by atomic mass is 9.65. The molecule has 4 heteroatoms. The van der Waals surface area contributed by atoms with Gasteiger partial charge in [-0.3, -0.25) is 9.59 Å². The molecule has 160 valence electrons. The minimum Gasteiger partial charge on any atom is -0.454 e. The molecule has 1 heterocycles. The third kappa shape index (κ3) is 5.29. The second-order valence-corrected chi connectivity index (χ2v) is 8.12. The normalized spacial score (nSPS) is 13.8. The van der Waals surface area contributed by atoms with Crippen molar-refractivity contribution in [3.05, 3.63) is 35.4 Å². The average molecular weight is 401 g/mol. The van der Waals surface area contributed by atoms with Crippen LogP contribution in [0.5, 0.6) is 11.5 Å². The number of fused-ring (bicyclic) bond motifs is 1. The maximum atomic E-state index is 12.8. The number of benzene rings is 1. The predicted octanol–water partition coefficient (Wildman–Crippen LogP) is 6.07. The molecule has 29 heavy (non-hydrogen) atoms. The molecule has 0 amide bonds. The van der Waals surface area contributed by atoms with Gasteiger partial charge in [-0.05, 0) is 55.7 Å². The fourth-order valence-electron chi connectivity index (χ4n) is 4.32. The van der Waals surface area contributed by atoms with Gasteiger partial charge in [0.15, 0.2) is 11.5 Å². The molecule has 0 N–H and O–H groups in total. The van der Waals surface area contributed by atoms with E-state index in [1.807, 2.05) is 39.8 Å². The number of hydrogen-bond donors (Lipinski definition) is 0. The summed E-state index contributed by atoms with van der Waals surface area (Å²) in [7, 11) is 0. The largest absolute Gasteiger partial charge is 0.454 e. The molecule has 1 aliphatic heterocycles. The molecule has 0 unspecified atom stereocenters. The van der Waals surface area contributed by atoms with Crippen LogP contribution in [0.3, 0.4) is 0 Å². The fourth-order valence-corrected chi connectivity index (χ4v) is 4.32. The van der Waals surface area contributed by atoms with Crippen LogP contribution in [0.2, 0.25) is 0 Å². The van der Waals surface area contributed by atoms with Crippen molar-refractivity contribution in [1.29, 1.82) is 0 Å². The Kier molecular flexibility index (Phi) is 8.48. The predicted molar refractivity (Wildman–Crippen MR) is 116 cm³/mol. The van der Waals surface area contributed by atoms with Crippen molar-refractivity contribution < 1.29 is 19.1 Å². The average Bonchev–Trinajstić information content (AvgIpc) is 3.19. The molecular formula is C25H36O4. The van der Waals surface area contributed by atoms with Gasteiger partial charge in [0.2, 0.25) is 6.79 Å². The smallest absolute Gasteiger partial charge is 0.231 e. The molecular weight excluding hydrogens is 364 g/mol. The van der Waals surface area contributed by atoms with Crippen LogP contribution in [0.4, 0.5) is 0 Å². The van der Waals surface area contributed by atoms with E-state index in [9.17, 15) is 9.59 Å². The number of carbonyl (C=O) groups is 2. The van der Waals surface area contributed by atoms with Crippen molar-refractivity contribution in [2.45, 2.75) is 79.6 Å². The number of rotatable bonds is 12. The summed E-state index contributed by atoms with van der Waals surface area (Å²) in [4.78, 5) is 25.6. The van der Waals surface area contributed by atoms with Gasteiger partial charge in [0.1, 0.15) is 11.6 Å². The maximum absolute atomic E-state index is 12.8. The maximum Gasteiger partial charge on any atom is 0.231 e. The zero-order chi connectivity index (χ0) is 21.4. The molecule has 4 nitrogen and oxygen atoms in total. The highest BCUT2D eigenvalue weighted by Gasteiger charge is 2.45. The minimum absolute atomic E-state index is 0.0224. The van der Waals surface area contributed by atoms with Crippen molar-refractivity contribution in [3.8, 4) is 11.5 Å². The lowest BCUT2D eigenvalue weighted by Gasteiger charge is -2.35. The van der Waals surface area contributed by atoms with Crippen molar-refractivity contribution in [2.75, 3.05) is 6.79 Å². The Balaban J connectivity index is 2.04. The summed E-state index contributed by atoms with van der Waals surface area (Å²) in [6.45, 7) is 10.2. The Morgan fingerprint density at radius 1 is 1.03 bits per heavy atom. The van der Waals surface area contributed by atoms with Gasteiger partial charge in [-0.15, -0.1) is 0 Å². The Morgan fingerprint density at radius 3 is 2.28 bits per heavy atom. The lowest BCUT2D eigenvalue weighted by Crippen LogP contribution is -2.43. The second-order valence-electron chi connectivity index (χ2n) is 8.12. The Morgan fingerprint density at radius 2 is 1.69 bits per heavy atom. The third-order valence-electron chi connectivity index (χ3n) is 6.22. The molecule has 0 atom stereocenters. The summed E-state index contributed by atoms with van der Waals surface area (Å²) < 4.78 is 10.8. The van der Waals surface area contributed by atoms with E-state index >= 15 is 0 Å². The first-order valence-electron chi connectivity index (χ1n) is 11.0. The van der Waals surface area contributed by atoms with Crippen LogP contribution in [0.15, 0.2) is 29.8 Å². The minimum atomic E-state index is -0.838. The molecule has 0 spiro atoms. The highest BCUT2D eigenvalue weighted by atomic mass is 16.7. The highest BCUT2D eigenvalue weighted by molar-refractivity contribution is 6.07. The second kappa shape index (κ2) is 10.6. The van der Waals surface area contributed by atoms with Crippen LogP contribution in [0, 0.1) is 11.3 Å². The third-order valence-corrected chi connectivity index (χ3v) is 6.22. The summed E-state index contributed by atoms with van der Waals surface area (Å²) in [6.07, 6.45) is 7.33. The molecule has 2 rings (SSSR count). The highest BCUT2D eigenvalue weighted by Crippen LogP contribution is 2.39. The number of ether oxygens (including phenoxy) is 2. The molecule has 1 aromatic rings. The number of ketones is 2. The standard InChI is InChI=1S/C25H36O4/c1-6-19(10-9-11-20-12-13-21-22(16-20)29-17-28-21)14-15-25(18(4)5,23(26)7-2)24(27)8-3/h10,12-13,16,18H,6-9,11,14-15,17H2,1-5H3/b19-10+. The molecule has 0 radical (unpaired) electrons. The number of Topliss-reactive ketones (excluding diaryl/α,β-unsaturated/α-hetero) is 2. The summed E-state index contributed by atoms with van der Waals surface area (Å²) in [6, 6.07) is 6.09. The van der Waals surface area contributed by atoms with Gasteiger partial charge in [0.25, 0.3) is 0 Å². The van der Waals surface area contributed by atoms with Crippen molar-refractivity contribution in [2.24, 2.45) is 11.3 Å². The first-order chi connectivity index (χ1) is 13.9. The molecule has 0 fully saturated rings. The summed E-state index contributed by atoms with van der Waals surface area (Å²) in [5, 5.41) is 0. The van der Waals surface area contributed by atoms with Gasteiger partial charge < -0.3 is 9.47 Å². The van der Waals surface area contributed by atoms with E-state index in [-0.39, 0.29) is 17.5 Å². The van der Waals surface area contributed by atoms with Crippen LogP contribution in [0.25, 0.3) is 0 Å². The zero-order valence-corrected chi connectivity index (χ0v) is 18.7. The van der Waals surface area contributed by atoms with Crippen molar-refractivity contribution in [3.63, 3.8) is 0 Å². The van der Waals surface area contributed by atoms with Gasteiger partial charge in [-0.2, -0.15) is 0 Å². The van der Waals surface area contributed by atoms with Gasteiger partial charge in [0, 0.05) is 12.8 Å². The molecule has 0 saturated heterocycles. The van der Waals surface area contributed by atoms with Gasteiger partial charge in [-0.25, -0.2) is 0 Å². The van der Waals surface area contributed by atoms with Crippen molar-refractivity contribution in [1.82, 2.24) is 0 Å². The first-order valence-corrected chi connectivity index (χ1v) is 11.0. The molecule has 1 aromatic carbocycles. The number of aryl methyl sites for hydroxylation is 1. The van der Waals surface area contributed by atoms with E-state index in [1.165, 1.54) is 11.1 Å². The Bertz CT molecular complexity index is 729. The quantitative estimate of drug-likeness (QED) is 0.316. The molecule has 0 aliphatic carbocycles. The van der Waals surface area contributed by atoms with Crippen LogP contribution in [-0.2, 0) is 16.0 Å². The molecule has 0 aromatic heterocycles. The van der Waals surface area contributed by atoms with E-state index in [4.69, 9.17) is 9.47 Å². The van der Waals surface area contributed by atoms with Gasteiger partial charge >= 0.3 is 0 Å². The summed E-state index contributed by atoms with van der Waals surface area (Å²) in [5.41, 5.74) is 1.71. The van der Waals surface area contributed by atoms with E-state index in [0.717, 1.165) is 37.2 Å². The van der Waals surface area contributed by atoms with Gasteiger partial charge in [-0.1, -0.05) is 52.3 Å². The molecule has 0 bridgehead atoms. The van der Waals surface area contributed by atoms with E-state index < -0.39 is 5.41 Å². The topological polar surface area (TPSA) is 52.6 Å². The SMILES string of the molecule is CCC(=O)C(CC/C(=C/CCc1ccc2c(c1)OCO2)CC)(C(=O)CC)C(C)C. The van der Waals surface area contributed by atoms with Gasteiger partial charge in [0.05, 0.1) is 5.41 Å². The van der Waals surface area contributed by atoms with E-state index in [0.29, 0.717) is 26.1 Å². The van der Waals surface area contributed by atoms with Crippen LogP contribution in [-0.4, -0.2) is 18.4 Å². The summed E-state index contributed by atoms with van der Waals surface area (Å²) in [5.74, 6) is 1.84. The van der Waals surface area contributed by atoms with Crippen LogP contribution >= 0.6 is 0 Å². The number of carbonyl (C=O) groups excluding carboxylic acids is 2. The van der Waals surface area contributed by atoms with Crippen LogP contribution in [0.1, 0.15) is 78.7 Å². The molecule has 0 saturated carbocycles. The first kappa shape index (κ1) is 23.2. The van der Waals surface area contributed by atoms with Crippen molar-refractivity contribution >= 4 is 11.6 Å². The lowest BCUT2D eigenvalue weighted by molar-refractivity contribution is -0.144. The monoisotopic (exact) mass is 400 g/mol. The van der Waals surface area contributed by atoms with E-state index in [1.54, 1.807) is 0 Å². The Labute approximate surface area is 175 Å². The van der Waals surface area contributed by atoms with Crippen LogP contribution < -0.4 is 9.47 Å². The fraction of sp³-hybridized carbons (Fsp3) is 0.600. The number of allylic oxidation sites excluding steroid dienone is 2. The summed E-state index contributed by atoms with van der Waals surface area (Å²) >= 11 is 0.